The Hall–Kier alpha value is -2.44. The van der Waals surface area contributed by atoms with Gasteiger partial charge in [0.15, 0.2) is 0 Å². The molecule has 144 valence electrons. The Morgan fingerprint density at radius 2 is 1.70 bits per heavy atom. The number of nitrogens with one attached hydrogen (secondary N) is 1. The molecule has 0 heterocycles. The normalized spacial score (nSPS) is 13.6. The first-order valence-electron chi connectivity index (χ1n) is 8.76. The second-order valence-corrected chi connectivity index (χ2v) is 8.06. The van der Waals surface area contributed by atoms with E-state index in [2.05, 4.69) is 11.3 Å². The molecule has 0 fully saturated rings. The third-order valence-electron chi connectivity index (χ3n) is 4.35. The highest BCUT2D eigenvalue weighted by atomic mass is 32.2. The van der Waals surface area contributed by atoms with Crippen molar-refractivity contribution >= 4 is 21.6 Å². The van der Waals surface area contributed by atoms with E-state index in [0.717, 1.165) is 11.1 Å². The molecule has 0 unspecified atom stereocenters. The van der Waals surface area contributed by atoms with E-state index in [1.54, 1.807) is 26.0 Å². The van der Waals surface area contributed by atoms with E-state index < -0.39 is 28.0 Å². The van der Waals surface area contributed by atoms with Crippen LogP contribution in [0.15, 0.2) is 66.1 Å². The lowest BCUT2D eigenvalue weighted by Crippen LogP contribution is -2.46. The Morgan fingerprint density at radius 1 is 1.11 bits per heavy atom. The van der Waals surface area contributed by atoms with Crippen LogP contribution in [-0.2, 0) is 19.6 Å². The molecular weight excluding hydrogens is 362 g/mol. The van der Waals surface area contributed by atoms with E-state index in [4.69, 9.17) is 4.74 Å². The molecule has 2 aromatic rings. The molecule has 0 aromatic heterocycles. The average molecular weight is 388 g/mol. The van der Waals surface area contributed by atoms with Crippen LogP contribution in [0.3, 0.4) is 0 Å². The highest BCUT2D eigenvalue weighted by Crippen LogP contribution is 2.26. The number of sulfonamides is 1. The van der Waals surface area contributed by atoms with Crippen LogP contribution in [0.1, 0.15) is 25.0 Å². The van der Waals surface area contributed by atoms with Gasteiger partial charge in [-0.15, -0.1) is 0 Å². The van der Waals surface area contributed by atoms with Gasteiger partial charge < -0.3 is 4.74 Å². The monoisotopic (exact) mass is 387 g/mol. The first kappa shape index (κ1) is 20.9. The lowest BCUT2D eigenvalue weighted by molar-refractivity contribution is -0.145. The fourth-order valence-corrected chi connectivity index (χ4v) is 3.92. The van der Waals surface area contributed by atoms with E-state index in [1.807, 2.05) is 37.3 Å². The minimum atomic E-state index is -3.89. The summed E-state index contributed by atoms with van der Waals surface area (Å²) in [4.78, 5) is 12.6. The second-order valence-electron chi connectivity index (χ2n) is 6.34. The number of benzene rings is 2. The number of esters is 1. The molecule has 2 atom stereocenters. The van der Waals surface area contributed by atoms with Gasteiger partial charge in [0.2, 0.25) is 10.0 Å². The molecule has 27 heavy (non-hydrogen) atoms. The highest BCUT2D eigenvalue weighted by molar-refractivity contribution is 7.89. The maximum atomic E-state index is 12.8. The molecule has 5 nitrogen and oxygen atoms in total. The maximum Gasteiger partial charge on any atom is 0.324 e. The molecule has 0 aliphatic carbocycles. The Balaban J connectivity index is 2.32. The zero-order valence-electron chi connectivity index (χ0n) is 15.8. The van der Waals surface area contributed by atoms with Gasteiger partial charge in [0.05, 0.1) is 11.5 Å². The molecular formula is C21H25NO4S. The molecule has 0 spiro atoms. The molecule has 0 saturated carbocycles. The van der Waals surface area contributed by atoms with Crippen LogP contribution in [-0.4, -0.2) is 27.0 Å². The van der Waals surface area contributed by atoms with Crippen molar-refractivity contribution in [2.75, 3.05) is 6.61 Å². The van der Waals surface area contributed by atoms with Gasteiger partial charge in [0, 0.05) is 5.92 Å². The summed E-state index contributed by atoms with van der Waals surface area (Å²) in [5.74, 6) is -1.12. The summed E-state index contributed by atoms with van der Waals surface area (Å²) in [6.07, 6.45) is 0. The summed E-state index contributed by atoms with van der Waals surface area (Å²) in [7, 11) is -3.89. The molecule has 0 radical (unpaired) electrons. The Bertz CT molecular complexity index is 890. The van der Waals surface area contributed by atoms with Crippen molar-refractivity contribution in [3.05, 3.63) is 72.3 Å². The fourth-order valence-electron chi connectivity index (χ4n) is 2.66. The van der Waals surface area contributed by atoms with E-state index >= 15 is 0 Å². The van der Waals surface area contributed by atoms with Gasteiger partial charge in [-0.05, 0) is 37.1 Å². The van der Waals surface area contributed by atoms with Crippen LogP contribution in [0.4, 0.5) is 0 Å². The number of aryl methyl sites for hydroxylation is 1. The van der Waals surface area contributed by atoms with Gasteiger partial charge in [-0.25, -0.2) is 8.42 Å². The van der Waals surface area contributed by atoms with Crippen molar-refractivity contribution in [3.63, 3.8) is 0 Å². The molecule has 1 N–H and O–H groups in total. The van der Waals surface area contributed by atoms with E-state index in [0.29, 0.717) is 5.57 Å². The summed E-state index contributed by atoms with van der Waals surface area (Å²) in [5, 5.41) is 0. The predicted molar refractivity (Wildman–Crippen MR) is 107 cm³/mol. The molecule has 2 rings (SSSR count). The summed E-state index contributed by atoms with van der Waals surface area (Å²) >= 11 is 0. The lowest BCUT2D eigenvalue weighted by atomic mass is 9.90. The van der Waals surface area contributed by atoms with E-state index in [9.17, 15) is 13.2 Å². The molecule has 0 aliphatic heterocycles. The quantitative estimate of drug-likeness (QED) is 0.703. The van der Waals surface area contributed by atoms with Crippen molar-refractivity contribution in [1.82, 2.24) is 4.72 Å². The largest absolute Gasteiger partial charge is 0.465 e. The molecule has 6 heteroatoms. The fraction of sp³-hybridized carbons (Fsp3) is 0.286. The summed E-state index contributed by atoms with van der Waals surface area (Å²) in [6.45, 7) is 9.53. The molecule has 0 saturated heterocycles. The maximum absolute atomic E-state index is 12.8. The highest BCUT2D eigenvalue weighted by Gasteiger charge is 2.33. The van der Waals surface area contributed by atoms with Crippen molar-refractivity contribution < 1.29 is 17.9 Å². The third kappa shape index (κ3) is 5.28. The number of ether oxygens (including phenoxy) is 1. The van der Waals surface area contributed by atoms with Crippen molar-refractivity contribution in [2.45, 2.75) is 31.7 Å². The van der Waals surface area contributed by atoms with Crippen LogP contribution < -0.4 is 4.72 Å². The minimum Gasteiger partial charge on any atom is -0.465 e. The van der Waals surface area contributed by atoms with Crippen molar-refractivity contribution in [2.24, 2.45) is 5.92 Å². The van der Waals surface area contributed by atoms with Crippen LogP contribution in [0.5, 0.6) is 0 Å². The molecule has 0 bridgehead atoms. The van der Waals surface area contributed by atoms with Gasteiger partial charge in [-0.2, -0.15) is 4.72 Å². The second kappa shape index (κ2) is 8.97. The summed E-state index contributed by atoms with van der Waals surface area (Å²) < 4.78 is 33.2. The van der Waals surface area contributed by atoms with Gasteiger partial charge >= 0.3 is 5.97 Å². The zero-order valence-corrected chi connectivity index (χ0v) is 16.6. The van der Waals surface area contributed by atoms with Crippen LogP contribution in [0, 0.1) is 12.8 Å². The van der Waals surface area contributed by atoms with Gasteiger partial charge in [0.25, 0.3) is 0 Å². The van der Waals surface area contributed by atoms with Gasteiger partial charge in [-0.3, -0.25) is 4.79 Å². The van der Waals surface area contributed by atoms with E-state index in [-0.39, 0.29) is 11.5 Å². The topological polar surface area (TPSA) is 72.5 Å². The summed E-state index contributed by atoms with van der Waals surface area (Å²) in [5.41, 5.74) is 2.44. The molecule has 2 aromatic carbocycles. The molecule has 0 aliphatic rings. The standard InChI is InChI=1S/C21H25NO4S/c1-5-26-21(23)20(17(4)16(3)18-9-7-6-8-10-18)22-27(24,25)19-13-11-15(2)12-14-19/h6-14,17,20,22H,3,5H2,1-2,4H3/t17-,20-/m0/s1. The predicted octanol–water partition coefficient (Wildman–Crippen LogP) is 3.55. The minimum absolute atomic E-state index is 0.0971. The summed E-state index contributed by atoms with van der Waals surface area (Å²) in [6, 6.07) is 14.7. The smallest absolute Gasteiger partial charge is 0.324 e. The van der Waals surface area contributed by atoms with Gasteiger partial charge in [0.1, 0.15) is 6.04 Å². The van der Waals surface area contributed by atoms with Crippen molar-refractivity contribution in [1.29, 1.82) is 0 Å². The van der Waals surface area contributed by atoms with Crippen molar-refractivity contribution in [3.8, 4) is 0 Å². The van der Waals surface area contributed by atoms with Crippen LogP contribution in [0.2, 0.25) is 0 Å². The van der Waals surface area contributed by atoms with Crippen LogP contribution >= 0.6 is 0 Å². The number of hydrogen-bond donors (Lipinski definition) is 1. The number of hydrogen-bond acceptors (Lipinski definition) is 4. The first-order chi connectivity index (χ1) is 12.8. The Morgan fingerprint density at radius 3 is 2.26 bits per heavy atom. The van der Waals surface area contributed by atoms with Gasteiger partial charge in [-0.1, -0.05) is 61.5 Å². The average Bonchev–Trinajstić information content (AvgIpc) is 2.66. The number of carbonyl (C=O) groups is 1. The Kier molecular flexibility index (Phi) is 6.93. The lowest BCUT2D eigenvalue weighted by Gasteiger charge is -2.25. The molecule has 0 amide bonds. The Labute approximate surface area is 161 Å². The SMILES string of the molecule is C=C(c1ccccc1)[C@H](C)[C@H](NS(=O)(=O)c1ccc(C)cc1)C(=O)OCC. The van der Waals surface area contributed by atoms with E-state index in [1.165, 1.54) is 12.1 Å². The first-order valence-corrected chi connectivity index (χ1v) is 10.2. The van der Waals surface area contributed by atoms with Crippen LogP contribution in [0.25, 0.3) is 5.57 Å². The number of rotatable bonds is 8. The zero-order chi connectivity index (χ0) is 20.0. The third-order valence-corrected chi connectivity index (χ3v) is 5.81. The number of carbonyl (C=O) groups excluding carboxylic acids is 1.